The maximum atomic E-state index is 13.6. The van der Waals surface area contributed by atoms with Gasteiger partial charge in [0.2, 0.25) is 23.6 Å². The van der Waals surface area contributed by atoms with Crippen LogP contribution in [-0.2, 0) is 36.8 Å². The molecule has 0 aliphatic rings. The molecule has 0 bridgehead atoms. The molecule has 4 atom stereocenters. The molecule has 0 saturated heterocycles. The van der Waals surface area contributed by atoms with Gasteiger partial charge in [0.05, 0.1) is 12.5 Å². The maximum Gasteiger partial charge on any atom is 0.326 e. The summed E-state index contributed by atoms with van der Waals surface area (Å²) >= 11 is 0. The molecule has 0 saturated carbocycles. The van der Waals surface area contributed by atoms with Gasteiger partial charge in [0.1, 0.15) is 23.9 Å². The van der Waals surface area contributed by atoms with Crippen LogP contribution in [0, 0.1) is 5.92 Å². The number of rotatable bonds is 15. The van der Waals surface area contributed by atoms with E-state index in [0.717, 1.165) is 10.9 Å². The highest BCUT2D eigenvalue weighted by molar-refractivity contribution is 5.95. The highest BCUT2D eigenvalue weighted by Crippen LogP contribution is 2.20. The average molecular weight is 595 g/mol. The van der Waals surface area contributed by atoms with Crippen LogP contribution in [0.1, 0.15) is 37.8 Å². The van der Waals surface area contributed by atoms with Crippen molar-refractivity contribution >= 4 is 40.5 Å². The van der Waals surface area contributed by atoms with Crippen LogP contribution < -0.4 is 27.4 Å². The number of hydrogen-bond donors (Lipinski definition) is 8. The predicted molar refractivity (Wildman–Crippen MR) is 158 cm³/mol. The molecular weight excluding hydrogens is 556 g/mol. The van der Waals surface area contributed by atoms with Crippen LogP contribution in [0.15, 0.2) is 54.7 Å². The molecule has 0 aliphatic heterocycles. The molecule has 2 aromatic carbocycles. The van der Waals surface area contributed by atoms with Gasteiger partial charge in [0.15, 0.2) is 0 Å². The van der Waals surface area contributed by atoms with Gasteiger partial charge in [-0.2, -0.15) is 0 Å². The Balaban J connectivity index is 1.82. The van der Waals surface area contributed by atoms with Crippen molar-refractivity contribution < 1.29 is 34.2 Å². The van der Waals surface area contributed by atoms with Crippen molar-refractivity contribution in [3.63, 3.8) is 0 Å². The monoisotopic (exact) mass is 594 g/mol. The Bertz CT molecular complexity index is 1450. The number of H-pyrrole nitrogens is 1. The fraction of sp³-hybridized carbons (Fsp3) is 0.367. The summed E-state index contributed by atoms with van der Waals surface area (Å²) in [7, 11) is 0. The summed E-state index contributed by atoms with van der Waals surface area (Å²) in [6.45, 7) is 3.68. The molecule has 0 fully saturated rings. The number of carboxylic acids is 1. The number of nitrogens with one attached hydrogen (secondary N) is 4. The van der Waals surface area contributed by atoms with Crippen LogP contribution in [0.3, 0.4) is 0 Å². The molecule has 1 aromatic heterocycles. The van der Waals surface area contributed by atoms with Crippen molar-refractivity contribution in [3.05, 3.63) is 65.9 Å². The van der Waals surface area contributed by atoms with E-state index in [1.54, 1.807) is 18.3 Å². The summed E-state index contributed by atoms with van der Waals surface area (Å²) < 4.78 is 0. The van der Waals surface area contributed by atoms with Gasteiger partial charge in [-0.05, 0) is 41.7 Å². The minimum Gasteiger partial charge on any atom is -0.508 e. The second kappa shape index (κ2) is 14.8. The fourth-order valence-electron chi connectivity index (χ4n) is 4.63. The van der Waals surface area contributed by atoms with Gasteiger partial charge in [-0.25, -0.2) is 4.79 Å². The highest BCUT2D eigenvalue weighted by Gasteiger charge is 2.31. The number of carboxylic acid groups (broad SMARTS) is 1. The van der Waals surface area contributed by atoms with Gasteiger partial charge in [0, 0.05) is 29.9 Å². The number of carbonyl (C=O) groups excluding carboxylic acids is 4. The summed E-state index contributed by atoms with van der Waals surface area (Å²) in [5.41, 5.74) is 13.1. The Kier molecular flexibility index (Phi) is 11.2. The predicted octanol–water partition coefficient (Wildman–Crippen LogP) is 0.447. The van der Waals surface area contributed by atoms with E-state index in [4.69, 9.17) is 11.5 Å². The van der Waals surface area contributed by atoms with Crippen LogP contribution in [-0.4, -0.2) is 69.0 Å². The molecule has 13 heteroatoms. The number of phenolic OH excluding ortho intramolecular Hbond substituents is 1. The van der Waals surface area contributed by atoms with Crippen molar-refractivity contribution in [3.8, 4) is 5.75 Å². The Morgan fingerprint density at radius 1 is 0.837 bits per heavy atom. The summed E-state index contributed by atoms with van der Waals surface area (Å²) in [4.78, 5) is 66.2. The standard InChI is InChI=1S/C30H38N6O7/c1-16(2)11-23(28(40)36-25(30(42)43)12-17-7-9-19(37)10-8-17)35-29(41)24(34-27(39)21(31)14-26(32)38)13-18-15-33-22-6-4-3-5-20(18)22/h3-10,15-16,21,23-25,33,37H,11-14,31H2,1-2H3,(H2,32,38)(H,34,39)(H,35,41)(H,36,40)(H,42,43). The van der Waals surface area contributed by atoms with Crippen LogP contribution in [0.4, 0.5) is 0 Å². The zero-order valence-corrected chi connectivity index (χ0v) is 24.0. The molecule has 3 aromatic rings. The van der Waals surface area contributed by atoms with E-state index < -0.39 is 60.2 Å². The zero-order valence-electron chi connectivity index (χ0n) is 24.0. The molecule has 230 valence electrons. The molecule has 0 radical (unpaired) electrons. The van der Waals surface area contributed by atoms with E-state index in [1.165, 1.54) is 12.1 Å². The second-order valence-electron chi connectivity index (χ2n) is 10.9. The molecule has 4 amide bonds. The molecule has 13 nitrogen and oxygen atoms in total. The van der Waals surface area contributed by atoms with E-state index in [1.807, 2.05) is 38.1 Å². The minimum atomic E-state index is -1.31. The second-order valence-corrected chi connectivity index (χ2v) is 10.9. The Labute approximate surface area is 248 Å². The van der Waals surface area contributed by atoms with Gasteiger partial charge < -0.3 is 42.6 Å². The smallest absolute Gasteiger partial charge is 0.326 e. The number of nitrogens with two attached hydrogens (primary N) is 2. The first-order valence-electron chi connectivity index (χ1n) is 13.8. The van der Waals surface area contributed by atoms with Gasteiger partial charge in [-0.3, -0.25) is 19.2 Å². The van der Waals surface area contributed by atoms with Gasteiger partial charge in [0.25, 0.3) is 0 Å². The molecule has 4 unspecified atom stereocenters. The number of carbonyl (C=O) groups is 5. The van der Waals surface area contributed by atoms with E-state index >= 15 is 0 Å². The number of amides is 4. The van der Waals surface area contributed by atoms with Crippen LogP contribution in [0.2, 0.25) is 0 Å². The lowest BCUT2D eigenvalue weighted by molar-refractivity contribution is -0.142. The third-order valence-electron chi connectivity index (χ3n) is 6.82. The van der Waals surface area contributed by atoms with Gasteiger partial charge >= 0.3 is 5.97 Å². The lowest BCUT2D eigenvalue weighted by Crippen LogP contribution is -2.58. The van der Waals surface area contributed by atoms with E-state index in [0.29, 0.717) is 11.1 Å². The number of primary amides is 1. The highest BCUT2D eigenvalue weighted by atomic mass is 16.4. The van der Waals surface area contributed by atoms with Crippen LogP contribution in [0.25, 0.3) is 10.9 Å². The lowest BCUT2D eigenvalue weighted by atomic mass is 9.99. The van der Waals surface area contributed by atoms with Crippen molar-refractivity contribution in [2.24, 2.45) is 17.4 Å². The molecule has 10 N–H and O–H groups in total. The molecule has 3 rings (SSSR count). The number of aromatic amines is 1. The third kappa shape index (κ3) is 9.57. The number of fused-ring (bicyclic) bond motifs is 1. The quantitative estimate of drug-likeness (QED) is 0.123. The van der Waals surface area contributed by atoms with Crippen LogP contribution in [0.5, 0.6) is 5.75 Å². The SMILES string of the molecule is CC(C)CC(NC(=O)C(Cc1c[nH]c2ccccc12)NC(=O)C(N)CC(N)=O)C(=O)NC(Cc1ccc(O)cc1)C(=O)O. The summed E-state index contributed by atoms with van der Waals surface area (Å²) in [6, 6.07) is 8.38. The zero-order chi connectivity index (χ0) is 31.7. The first-order chi connectivity index (χ1) is 20.3. The fourth-order valence-corrected chi connectivity index (χ4v) is 4.63. The first kappa shape index (κ1) is 32.6. The Morgan fingerprint density at radius 2 is 1.44 bits per heavy atom. The van der Waals surface area contributed by atoms with Crippen LogP contribution >= 0.6 is 0 Å². The van der Waals surface area contributed by atoms with E-state index in [9.17, 15) is 34.2 Å². The summed E-state index contributed by atoms with van der Waals surface area (Å²) in [5, 5.41) is 27.8. The maximum absolute atomic E-state index is 13.6. The number of aromatic hydroxyl groups is 1. The van der Waals surface area contributed by atoms with Gasteiger partial charge in [-0.1, -0.05) is 44.2 Å². The van der Waals surface area contributed by atoms with Crippen molar-refractivity contribution in [2.45, 2.75) is 63.7 Å². The number of aliphatic carboxylic acids is 1. The number of aromatic nitrogens is 1. The van der Waals surface area contributed by atoms with Crippen molar-refractivity contribution in [2.75, 3.05) is 0 Å². The molecule has 0 spiro atoms. The number of benzene rings is 2. The first-order valence-corrected chi connectivity index (χ1v) is 13.8. The van der Waals surface area contributed by atoms with Gasteiger partial charge in [-0.15, -0.1) is 0 Å². The lowest BCUT2D eigenvalue weighted by Gasteiger charge is -2.26. The Morgan fingerprint density at radius 3 is 2.07 bits per heavy atom. The molecule has 43 heavy (non-hydrogen) atoms. The largest absolute Gasteiger partial charge is 0.508 e. The number of para-hydroxylation sites is 1. The van der Waals surface area contributed by atoms with E-state index in [2.05, 4.69) is 20.9 Å². The number of phenols is 1. The minimum absolute atomic E-state index is 0.0178. The molecule has 0 aliphatic carbocycles. The average Bonchev–Trinajstić information content (AvgIpc) is 3.35. The van der Waals surface area contributed by atoms with Crippen molar-refractivity contribution in [1.29, 1.82) is 0 Å². The Hall–Kier alpha value is -4.91. The number of hydrogen-bond acceptors (Lipinski definition) is 7. The van der Waals surface area contributed by atoms with E-state index in [-0.39, 0.29) is 30.9 Å². The molecular formula is C30H38N6O7. The normalized spacial score (nSPS) is 14.0. The summed E-state index contributed by atoms with van der Waals surface area (Å²) in [6.07, 6.45) is 1.43. The summed E-state index contributed by atoms with van der Waals surface area (Å²) in [5.74, 6) is -4.29. The van der Waals surface area contributed by atoms with Crippen molar-refractivity contribution in [1.82, 2.24) is 20.9 Å². The third-order valence-corrected chi connectivity index (χ3v) is 6.82. The topological polar surface area (TPSA) is 230 Å². The molecule has 1 heterocycles.